The highest BCUT2D eigenvalue weighted by molar-refractivity contribution is 5.81. The van der Waals surface area contributed by atoms with Crippen LogP contribution in [-0.2, 0) is 9.59 Å². The molecule has 1 atom stereocenters. The maximum absolute atomic E-state index is 11.7. The molecule has 0 bridgehead atoms. The predicted molar refractivity (Wildman–Crippen MR) is 79.4 cm³/mol. The van der Waals surface area contributed by atoms with E-state index in [0.29, 0.717) is 0 Å². The molecule has 0 saturated carbocycles. The fraction of sp³-hybridized carbons (Fsp3) is 0.467. The number of likely N-dealkylation sites (N-methyl/N-ethyl adjacent to an activating group) is 1. The van der Waals surface area contributed by atoms with Gasteiger partial charge in [-0.05, 0) is 37.5 Å². The minimum Gasteiger partial charge on any atom is -0.358 e. The number of carbonyl (C=O) groups is 2. The fourth-order valence-corrected chi connectivity index (χ4v) is 1.79. The van der Waals surface area contributed by atoms with Crippen LogP contribution in [0.3, 0.4) is 0 Å². The van der Waals surface area contributed by atoms with Crippen molar-refractivity contribution >= 4 is 11.8 Å². The largest absolute Gasteiger partial charge is 0.358 e. The Kier molecular flexibility index (Phi) is 6.18. The van der Waals surface area contributed by atoms with Crippen LogP contribution >= 0.6 is 0 Å². The van der Waals surface area contributed by atoms with Gasteiger partial charge in [-0.25, -0.2) is 0 Å². The summed E-state index contributed by atoms with van der Waals surface area (Å²) in [5.74, 6) is -0.264. The maximum Gasteiger partial charge on any atom is 0.234 e. The van der Waals surface area contributed by atoms with Crippen molar-refractivity contribution in [2.24, 2.45) is 0 Å². The molecule has 20 heavy (non-hydrogen) atoms. The SMILES string of the molecule is CNC(=O)CNCC(=O)N[C@H](C)c1ccc(C)c(C)c1. The zero-order chi connectivity index (χ0) is 15.1. The van der Waals surface area contributed by atoms with Crippen molar-refractivity contribution in [3.05, 3.63) is 34.9 Å². The van der Waals surface area contributed by atoms with Crippen LogP contribution in [0.25, 0.3) is 0 Å². The summed E-state index contributed by atoms with van der Waals surface area (Å²) in [6, 6.07) is 6.10. The summed E-state index contributed by atoms with van der Waals surface area (Å²) in [5.41, 5.74) is 3.52. The average Bonchev–Trinajstić information content (AvgIpc) is 2.41. The first-order valence-corrected chi connectivity index (χ1v) is 6.72. The molecule has 0 aliphatic heterocycles. The van der Waals surface area contributed by atoms with Crippen LogP contribution < -0.4 is 16.0 Å². The maximum atomic E-state index is 11.7. The lowest BCUT2D eigenvalue weighted by molar-refractivity contribution is -0.121. The number of nitrogens with one attached hydrogen (secondary N) is 3. The molecule has 0 spiro atoms. The lowest BCUT2D eigenvalue weighted by atomic mass is 10.0. The smallest absolute Gasteiger partial charge is 0.234 e. The molecule has 0 unspecified atom stereocenters. The van der Waals surface area contributed by atoms with Crippen LogP contribution in [0, 0.1) is 13.8 Å². The summed E-state index contributed by atoms with van der Waals surface area (Å²) < 4.78 is 0. The lowest BCUT2D eigenvalue weighted by Gasteiger charge is -2.16. The van der Waals surface area contributed by atoms with Crippen LogP contribution in [0.1, 0.15) is 29.7 Å². The molecule has 0 aliphatic rings. The van der Waals surface area contributed by atoms with Gasteiger partial charge in [-0.3, -0.25) is 14.9 Å². The van der Waals surface area contributed by atoms with E-state index in [2.05, 4.69) is 41.9 Å². The van der Waals surface area contributed by atoms with Crippen molar-refractivity contribution in [2.45, 2.75) is 26.8 Å². The Hall–Kier alpha value is -1.88. The average molecular weight is 277 g/mol. The number of aryl methyl sites for hydroxylation is 2. The first-order valence-electron chi connectivity index (χ1n) is 6.72. The van der Waals surface area contributed by atoms with Gasteiger partial charge in [0, 0.05) is 7.05 Å². The Balaban J connectivity index is 2.44. The van der Waals surface area contributed by atoms with Crippen molar-refractivity contribution in [1.82, 2.24) is 16.0 Å². The van der Waals surface area contributed by atoms with Crippen molar-refractivity contribution in [2.75, 3.05) is 20.1 Å². The minimum absolute atomic E-state index is 0.0522. The summed E-state index contributed by atoms with van der Waals surface area (Å²) in [4.78, 5) is 22.7. The molecule has 1 rings (SSSR count). The Labute approximate surface area is 120 Å². The van der Waals surface area contributed by atoms with E-state index in [-0.39, 0.29) is 30.9 Å². The van der Waals surface area contributed by atoms with Crippen LogP contribution in [-0.4, -0.2) is 32.0 Å². The zero-order valence-electron chi connectivity index (χ0n) is 12.5. The molecule has 0 aromatic heterocycles. The van der Waals surface area contributed by atoms with Gasteiger partial charge in [-0.2, -0.15) is 0 Å². The molecule has 5 heteroatoms. The van der Waals surface area contributed by atoms with Crippen molar-refractivity contribution in [3.8, 4) is 0 Å². The standard InChI is InChI=1S/C15H23N3O2/c1-10-5-6-13(7-11(10)2)12(3)18-15(20)9-17-8-14(19)16-4/h5-7,12,17H,8-9H2,1-4H3,(H,16,19)(H,18,20)/t12-/m1/s1. The summed E-state index contributed by atoms with van der Waals surface area (Å²) in [5, 5.41) is 8.17. The van der Waals surface area contributed by atoms with Crippen LogP contribution in [0.4, 0.5) is 0 Å². The van der Waals surface area contributed by atoms with Gasteiger partial charge in [0.05, 0.1) is 19.1 Å². The molecule has 2 amide bonds. The highest BCUT2D eigenvalue weighted by Crippen LogP contribution is 2.16. The highest BCUT2D eigenvalue weighted by Gasteiger charge is 2.10. The number of carbonyl (C=O) groups excluding carboxylic acids is 2. The van der Waals surface area contributed by atoms with E-state index < -0.39 is 0 Å². The van der Waals surface area contributed by atoms with E-state index in [0.717, 1.165) is 5.56 Å². The second-order valence-electron chi connectivity index (χ2n) is 4.91. The van der Waals surface area contributed by atoms with Gasteiger partial charge < -0.3 is 10.6 Å². The summed E-state index contributed by atoms with van der Waals surface area (Å²) in [6.07, 6.45) is 0. The minimum atomic E-state index is -0.139. The van der Waals surface area contributed by atoms with Gasteiger partial charge in [0.15, 0.2) is 0 Å². The van der Waals surface area contributed by atoms with Gasteiger partial charge in [-0.15, -0.1) is 0 Å². The first-order chi connectivity index (χ1) is 9.43. The Bertz CT molecular complexity index is 486. The number of rotatable bonds is 6. The molecule has 0 heterocycles. The van der Waals surface area contributed by atoms with Gasteiger partial charge in [0.2, 0.25) is 11.8 Å². The summed E-state index contributed by atoms with van der Waals surface area (Å²) in [6.45, 7) is 6.33. The normalized spacial score (nSPS) is 11.8. The lowest BCUT2D eigenvalue weighted by Crippen LogP contribution is -2.39. The Morgan fingerprint density at radius 1 is 1.10 bits per heavy atom. The summed E-state index contributed by atoms with van der Waals surface area (Å²) in [7, 11) is 1.56. The van der Waals surface area contributed by atoms with Crippen molar-refractivity contribution < 1.29 is 9.59 Å². The molecule has 1 aromatic carbocycles. The van der Waals surface area contributed by atoms with E-state index in [1.54, 1.807) is 7.05 Å². The quantitative estimate of drug-likeness (QED) is 0.721. The fourth-order valence-electron chi connectivity index (χ4n) is 1.79. The number of hydrogen-bond acceptors (Lipinski definition) is 3. The van der Waals surface area contributed by atoms with Crippen molar-refractivity contribution in [1.29, 1.82) is 0 Å². The van der Waals surface area contributed by atoms with Gasteiger partial charge in [0.1, 0.15) is 0 Å². The molecule has 1 aromatic rings. The molecule has 110 valence electrons. The van der Waals surface area contributed by atoms with Crippen LogP contribution in [0.15, 0.2) is 18.2 Å². The van der Waals surface area contributed by atoms with E-state index in [9.17, 15) is 9.59 Å². The van der Waals surface area contributed by atoms with E-state index >= 15 is 0 Å². The van der Waals surface area contributed by atoms with E-state index in [4.69, 9.17) is 0 Å². The summed E-state index contributed by atoms with van der Waals surface area (Å²) >= 11 is 0. The molecule has 0 aliphatic carbocycles. The first kappa shape index (κ1) is 16.2. The number of hydrogen-bond donors (Lipinski definition) is 3. The van der Waals surface area contributed by atoms with Gasteiger partial charge in [-0.1, -0.05) is 18.2 Å². The molecular formula is C15H23N3O2. The van der Waals surface area contributed by atoms with Gasteiger partial charge in [0.25, 0.3) is 0 Å². The van der Waals surface area contributed by atoms with Gasteiger partial charge >= 0.3 is 0 Å². The second kappa shape index (κ2) is 7.65. The third-order valence-electron chi connectivity index (χ3n) is 3.26. The Morgan fingerprint density at radius 3 is 2.35 bits per heavy atom. The number of benzene rings is 1. The Morgan fingerprint density at radius 2 is 1.75 bits per heavy atom. The molecule has 0 fully saturated rings. The molecule has 5 nitrogen and oxygen atoms in total. The van der Waals surface area contributed by atoms with Crippen LogP contribution in [0.5, 0.6) is 0 Å². The monoisotopic (exact) mass is 277 g/mol. The van der Waals surface area contributed by atoms with E-state index in [1.807, 2.05) is 13.0 Å². The van der Waals surface area contributed by atoms with Crippen LogP contribution in [0.2, 0.25) is 0 Å². The third-order valence-corrected chi connectivity index (χ3v) is 3.26. The molecule has 3 N–H and O–H groups in total. The molecule has 0 radical (unpaired) electrons. The third kappa shape index (κ3) is 5.01. The molecular weight excluding hydrogens is 254 g/mol. The molecule has 0 saturated heterocycles. The zero-order valence-corrected chi connectivity index (χ0v) is 12.5. The van der Waals surface area contributed by atoms with Crippen molar-refractivity contribution in [3.63, 3.8) is 0 Å². The van der Waals surface area contributed by atoms with E-state index in [1.165, 1.54) is 11.1 Å². The topological polar surface area (TPSA) is 70.2 Å². The predicted octanol–water partition coefficient (Wildman–Crippen LogP) is 0.816. The highest BCUT2D eigenvalue weighted by atomic mass is 16.2. The second-order valence-corrected chi connectivity index (χ2v) is 4.91. The number of amides is 2.